The van der Waals surface area contributed by atoms with Crippen LogP contribution in [-0.2, 0) is 13.9 Å². The summed E-state index contributed by atoms with van der Waals surface area (Å²) in [5.41, 5.74) is -1.37. The van der Waals surface area contributed by atoms with Crippen molar-refractivity contribution in [2.24, 2.45) is 0 Å². The van der Waals surface area contributed by atoms with E-state index in [-0.39, 0.29) is 23.8 Å². The Morgan fingerprint density at radius 3 is 2.23 bits per heavy atom. The maximum Gasteiger partial charge on any atom is 0.412 e. The standard InChI is InChI=1S/C19H39NO5Si/c1-17(2,3)24-16(22)20-14(13-23-19(20,7)8)15(11-12-21)25-26(9,10)18(4,5)6/h14-15,21H,11-13H2,1-10H3/t14-,15+/m1/s1. The third-order valence-electron chi connectivity index (χ3n) is 5.20. The number of nitrogens with zero attached hydrogens (tertiary/aromatic N) is 1. The summed E-state index contributed by atoms with van der Waals surface area (Å²) in [6.45, 7) is 20.5. The lowest BCUT2D eigenvalue weighted by Crippen LogP contribution is -2.56. The normalized spacial score (nSPS) is 22.4. The summed E-state index contributed by atoms with van der Waals surface area (Å²) in [5.74, 6) is 0. The average molecular weight is 390 g/mol. The number of carbonyl (C=O) groups excluding carboxylic acids is 1. The molecule has 0 unspecified atom stereocenters. The molecule has 1 saturated heterocycles. The molecule has 7 heteroatoms. The van der Waals surface area contributed by atoms with Crippen LogP contribution in [-0.4, -0.2) is 61.1 Å². The summed E-state index contributed by atoms with van der Waals surface area (Å²) in [4.78, 5) is 14.5. The van der Waals surface area contributed by atoms with Crippen molar-refractivity contribution in [2.45, 2.75) is 103 Å². The van der Waals surface area contributed by atoms with Crippen LogP contribution >= 0.6 is 0 Å². The van der Waals surface area contributed by atoms with Gasteiger partial charge in [-0.1, -0.05) is 20.8 Å². The van der Waals surface area contributed by atoms with Crippen molar-refractivity contribution in [3.05, 3.63) is 0 Å². The number of aliphatic hydroxyl groups is 1. The van der Waals surface area contributed by atoms with E-state index in [2.05, 4.69) is 33.9 Å². The molecule has 0 aromatic rings. The lowest BCUT2D eigenvalue weighted by molar-refractivity contribution is -0.0679. The van der Waals surface area contributed by atoms with Gasteiger partial charge in [0.15, 0.2) is 8.32 Å². The number of hydrogen-bond donors (Lipinski definition) is 1. The summed E-state index contributed by atoms with van der Waals surface area (Å²) in [6.07, 6.45) is -0.252. The Morgan fingerprint density at radius 1 is 1.27 bits per heavy atom. The monoisotopic (exact) mass is 389 g/mol. The Labute approximate surface area is 160 Å². The molecule has 0 aliphatic carbocycles. The number of aliphatic hydroxyl groups excluding tert-OH is 1. The number of rotatable bonds is 5. The zero-order valence-corrected chi connectivity index (χ0v) is 19.3. The first-order valence-electron chi connectivity index (χ1n) is 9.47. The van der Waals surface area contributed by atoms with E-state index in [1.807, 2.05) is 34.6 Å². The van der Waals surface area contributed by atoms with Crippen molar-refractivity contribution >= 4 is 14.4 Å². The van der Waals surface area contributed by atoms with Crippen molar-refractivity contribution < 1.29 is 23.8 Å². The highest BCUT2D eigenvalue weighted by atomic mass is 28.4. The predicted molar refractivity (Wildman–Crippen MR) is 106 cm³/mol. The molecule has 0 saturated carbocycles. The third-order valence-corrected chi connectivity index (χ3v) is 9.71. The minimum absolute atomic E-state index is 0.00161. The maximum absolute atomic E-state index is 12.9. The fraction of sp³-hybridized carbons (Fsp3) is 0.947. The Kier molecular flexibility index (Phi) is 7.00. The minimum Gasteiger partial charge on any atom is -0.444 e. The molecule has 1 N–H and O–H groups in total. The molecule has 0 bridgehead atoms. The van der Waals surface area contributed by atoms with Gasteiger partial charge in [0.2, 0.25) is 0 Å². The van der Waals surface area contributed by atoms with E-state index in [0.29, 0.717) is 13.0 Å². The molecule has 0 aromatic carbocycles. The van der Waals surface area contributed by atoms with Gasteiger partial charge in [0.1, 0.15) is 11.3 Å². The summed E-state index contributed by atoms with van der Waals surface area (Å²) >= 11 is 0. The number of ether oxygens (including phenoxy) is 2. The number of carbonyl (C=O) groups is 1. The van der Waals surface area contributed by atoms with Crippen LogP contribution in [0, 0.1) is 0 Å². The van der Waals surface area contributed by atoms with Gasteiger partial charge in [-0.3, -0.25) is 4.90 Å². The van der Waals surface area contributed by atoms with Gasteiger partial charge in [-0.25, -0.2) is 4.79 Å². The van der Waals surface area contributed by atoms with E-state index in [4.69, 9.17) is 13.9 Å². The molecular formula is C19H39NO5Si. The Balaban J connectivity index is 3.13. The van der Waals surface area contributed by atoms with Crippen molar-refractivity contribution in [2.75, 3.05) is 13.2 Å². The molecule has 154 valence electrons. The zero-order valence-electron chi connectivity index (χ0n) is 18.3. The molecule has 1 aliphatic rings. The summed E-state index contributed by atoms with van der Waals surface area (Å²) in [5, 5.41) is 9.63. The topological polar surface area (TPSA) is 68.2 Å². The first kappa shape index (κ1) is 23.4. The molecule has 0 radical (unpaired) electrons. The molecule has 1 fully saturated rings. The van der Waals surface area contributed by atoms with E-state index in [1.165, 1.54) is 0 Å². The highest BCUT2D eigenvalue weighted by Crippen LogP contribution is 2.40. The minimum atomic E-state index is -2.08. The van der Waals surface area contributed by atoms with E-state index < -0.39 is 25.7 Å². The highest BCUT2D eigenvalue weighted by Gasteiger charge is 2.50. The Bertz CT molecular complexity index is 493. The third kappa shape index (κ3) is 5.68. The van der Waals surface area contributed by atoms with Gasteiger partial charge in [-0.2, -0.15) is 0 Å². The van der Waals surface area contributed by atoms with E-state index in [0.717, 1.165) is 0 Å². The van der Waals surface area contributed by atoms with E-state index in [9.17, 15) is 9.90 Å². The van der Waals surface area contributed by atoms with Gasteiger partial charge in [0.05, 0.1) is 18.8 Å². The van der Waals surface area contributed by atoms with Gasteiger partial charge in [0.25, 0.3) is 0 Å². The van der Waals surface area contributed by atoms with E-state index >= 15 is 0 Å². The molecule has 1 heterocycles. The van der Waals surface area contributed by atoms with Gasteiger partial charge in [0, 0.05) is 6.61 Å². The second kappa shape index (κ2) is 7.77. The lowest BCUT2D eigenvalue weighted by atomic mass is 10.1. The van der Waals surface area contributed by atoms with Gasteiger partial charge in [-0.15, -0.1) is 0 Å². The van der Waals surface area contributed by atoms with E-state index in [1.54, 1.807) is 4.90 Å². The zero-order chi connectivity index (χ0) is 20.6. The fourth-order valence-corrected chi connectivity index (χ4v) is 4.17. The first-order valence-corrected chi connectivity index (χ1v) is 12.4. The lowest BCUT2D eigenvalue weighted by Gasteiger charge is -2.43. The second-order valence-electron chi connectivity index (χ2n) is 10.1. The molecule has 2 atom stereocenters. The van der Waals surface area contributed by atoms with Crippen LogP contribution in [0.25, 0.3) is 0 Å². The first-order chi connectivity index (χ1) is 11.5. The molecule has 1 amide bonds. The van der Waals surface area contributed by atoms with Crippen LogP contribution in [0.5, 0.6) is 0 Å². The molecule has 1 rings (SSSR count). The Morgan fingerprint density at radius 2 is 1.81 bits per heavy atom. The van der Waals surface area contributed by atoms with Crippen molar-refractivity contribution in [1.29, 1.82) is 0 Å². The van der Waals surface area contributed by atoms with Crippen molar-refractivity contribution in [1.82, 2.24) is 4.90 Å². The van der Waals surface area contributed by atoms with Crippen LogP contribution in [0.1, 0.15) is 61.8 Å². The molecule has 6 nitrogen and oxygen atoms in total. The van der Waals surface area contributed by atoms with Gasteiger partial charge < -0.3 is 19.0 Å². The highest BCUT2D eigenvalue weighted by molar-refractivity contribution is 6.74. The molecule has 1 aliphatic heterocycles. The maximum atomic E-state index is 12.9. The predicted octanol–water partition coefficient (Wildman–Crippen LogP) is 4.13. The molecule has 0 spiro atoms. The fourth-order valence-electron chi connectivity index (χ4n) is 2.78. The quantitative estimate of drug-likeness (QED) is 0.716. The largest absolute Gasteiger partial charge is 0.444 e. The van der Waals surface area contributed by atoms with Crippen LogP contribution in [0.4, 0.5) is 4.79 Å². The smallest absolute Gasteiger partial charge is 0.412 e. The van der Waals surface area contributed by atoms with Crippen LogP contribution in [0.3, 0.4) is 0 Å². The summed E-state index contributed by atoms with van der Waals surface area (Å²) < 4.78 is 18.1. The number of amides is 1. The van der Waals surface area contributed by atoms with Crippen molar-refractivity contribution in [3.63, 3.8) is 0 Å². The van der Waals surface area contributed by atoms with Crippen LogP contribution in [0.2, 0.25) is 18.1 Å². The number of hydrogen-bond acceptors (Lipinski definition) is 5. The average Bonchev–Trinajstić information content (AvgIpc) is 2.70. The van der Waals surface area contributed by atoms with Crippen molar-refractivity contribution in [3.8, 4) is 0 Å². The van der Waals surface area contributed by atoms with Gasteiger partial charge >= 0.3 is 6.09 Å². The second-order valence-corrected chi connectivity index (χ2v) is 14.9. The van der Waals surface area contributed by atoms with Crippen LogP contribution < -0.4 is 0 Å². The summed E-state index contributed by atoms with van der Waals surface area (Å²) in [6, 6.07) is -0.291. The van der Waals surface area contributed by atoms with Crippen LogP contribution in [0.15, 0.2) is 0 Å². The Hall–Kier alpha value is -0.633. The van der Waals surface area contributed by atoms with Gasteiger partial charge in [-0.05, 0) is 59.2 Å². The summed E-state index contributed by atoms with van der Waals surface area (Å²) in [7, 11) is -2.08. The molecule has 26 heavy (non-hydrogen) atoms. The molecule has 0 aromatic heterocycles. The molecular weight excluding hydrogens is 350 g/mol. The SMILES string of the molecule is CC(C)(C)OC(=O)N1[C@@H]([C@H](CCO)O[Si](C)(C)C(C)(C)C)COC1(C)C.